The smallest absolute Gasteiger partial charge is 0.320 e. The number of likely N-dealkylation sites (tertiary alicyclic amines) is 1. The summed E-state index contributed by atoms with van der Waals surface area (Å²) in [6.45, 7) is 7.69. The summed E-state index contributed by atoms with van der Waals surface area (Å²) in [5.41, 5.74) is 2.42. The molecule has 1 N–H and O–H groups in total. The van der Waals surface area contributed by atoms with Gasteiger partial charge in [0.05, 0.1) is 24.3 Å². The van der Waals surface area contributed by atoms with Crippen molar-refractivity contribution in [3.63, 3.8) is 0 Å². The lowest BCUT2D eigenvalue weighted by Crippen LogP contribution is -2.44. The Kier molecular flexibility index (Phi) is 9.66. The predicted octanol–water partition coefficient (Wildman–Crippen LogP) is 5.16. The number of piperazine rings is 1. The number of hydrogen-bond donors (Lipinski definition) is 1. The van der Waals surface area contributed by atoms with Gasteiger partial charge < -0.3 is 19.9 Å². The minimum Gasteiger partial charge on any atom is -0.467 e. The Morgan fingerprint density at radius 3 is 2.26 bits per heavy atom. The number of aromatic nitrogens is 3. The van der Waals surface area contributed by atoms with E-state index in [-0.39, 0.29) is 0 Å². The number of pyridine rings is 1. The Balaban J connectivity index is 0.000000321. The minimum absolute atomic E-state index is 0.326. The zero-order valence-corrected chi connectivity index (χ0v) is 23.0. The largest absolute Gasteiger partial charge is 0.467 e. The second-order valence-corrected chi connectivity index (χ2v) is 9.62. The number of nitrogens with zero attached hydrogens (tertiary/aromatic N) is 6. The Morgan fingerprint density at radius 2 is 1.63 bits per heavy atom. The number of rotatable bonds is 3. The summed E-state index contributed by atoms with van der Waals surface area (Å²) >= 11 is 6.52. The zero-order valence-electron chi connectivity index (χ0n) is 22.2. The molecule has 8 nitrogen and oxygen atoms in total. The zero-order chi connectivity index (χ0) is 26.9. The van der Waals surface area contributed by atoms with Crippen LogP contribution in [0.25, 0.3) is 33.1 Å². The van der Waals surface area contributed by atoms with Crippen molar-refractivity contribution in [1.29, 1.82) is 5.26 Å². The molecule has 9 heteroatoms. The number of halogens is 1. The van der Waals surface area contributed by atoms with Crippen molar-refractivity contribution >= 4 is 39.2 Å². The molecule has 0 spiro atoms. The summed E-state index contributed by atoms with van der Waals surface area (Å²) in [6.07, 6.45) is 2.83. The Hall–Kier alpha value is -3.51. The van der Waals surface area contributed by atoms with Crippen LogP contribution in [-0.4, -0.2) is 73.3 Å². The van der Waals surface area contributed by atoms with Gasteiger partial charge in [0.25, 0.3) is 0 Å². The molecule has 2 aromatic carbocycles. The van der Waals surface area contributed by atoms with Crippen molar-refractivity contribution in [1.82, 2.24) is 25.2 Å². The number of nitriles is 1. The van der Waals surface area contributed by atoms with Gasteiger partial charge in [-0.25, -0.2) is 4.98 Å². The third-order valence-corrected chi connectivity index (χ3v) is 6.89. The fourth-order valence-electron chi connectivity index (χ4n) is 4.72. The lowest BCUT2D eigenvalue weighted by atomic mass is 10.0. The average Bonchev–Trinajstić information content (AvgIpc) is 3.44. The van der Waals surface area contributed by atoms with Crippen LogP contribution in [0.1, 0.15) is 19.8 Å². The van der Waals surface area contributed by atoms with Gasteiger partial charge in [-0.3, -0.25) is 0 Å². The maximum atomic E-state index is 7.32. The van der Waals surface area contributed by atoms with E-state index in [1.54, 1.807) is 13.2 Å². The third kappa shape index (κ3) is 6.48. The average molecular weight is 532 g/mol. The van der Waals surface area contributed by atoms with Crippen molar-refractivity contribution in [3.05, 3.63) is 53.6 Å². The molecular formula is C29H34ClN7O. The minimum atomic E-state index is 0.326. The molecule has 4 aromatic rings. The number of anilines is 1. The molecule has 0 aliphatic carbocycles. The highest BCUT2D eigenvalue weighted by Gasteiger charge is 2.19. The van der Waals surface area contributed by atoms with E-state index in [4.69, 9.17) is 26.6 Å². The van der Waals surface area contributed by atoms with E-state index >= 15 is 0 Å². The summed E-state index contributed by atoms with van der Waals surface area (Å²) in [6, 6.07) is 18.2. The number of fused-ring (bicyclic) bond motifs is 2. The van der Waals surface area contributed by atoms with Crippen molar-refractivity contribution in [2.45, 2.75) is 19.8 Å². The molecule has 2 fully saturated rings. The Labute approximate surface area is 229 Å². The van der Waals surface area contributed by atoms with E-state index in [9.17, 15) is 0 Å². The van der Waals surface area contributed by atoms with E-state index in [1.807, 2.05) is 36.4 Å². The van der Waals surface area contributed by atoms with Crippen LogP contribution in [0.4, 0.5) is 5.82 Å². The molecule has 4 heterocycles. The molecule has 0 radical (unpaired) electrons. The van der Waals surface area contributed by atoms with Crippen LogP contribution < -0.4 is 15.0 Å². The molecule has 0 bridgehead atoms. The van der Waals surface area contributed by atoms with Crippen molar-refractivity contribution < 1.29 is 4.74 Å². The molecule has 2 aliphatic heterocycles. The lowest BCUT2D eigenvalue weighted by molar-refractivity contribution is 0.381. The van der Waals surface area contributed by atoms with Crippen molar-refractivity contribution in [2.75, 3.05) is 58.3 Å². The highest BCUT2D eigenvalue weighted by atomic mass is 35.5. The lowest BCUT2D eigenvalue weighted by Gasteiger charge is -2.29. The molecule has 2 aliphatic rings. The molecule has 0 atom stereocenters. The highest BCUT2D eigenvalue weighted by molar-refractivity contribution is 6.36. The van der Waals surface area contributed by atoms with E-state index in [0.717, 1.165) is 59.4 Å². The van der Waals surface area contributed by atoms with Gasteiger partial charge in [0.1, 0.15) is 5.82 Å². The Morgan fingerprint density at radius 1 is 0.947 bits per heavy atom. The second-order valence-electron chi connectivity index (χ2n) is 9.22. The molecule has 0 unspecified atom stereocenters. The highest BCUT2D eigenvalue weighted by Crippen LogP contribution is 2.34. The van der Waals surface area contributed by atoms with E-state index in [1.165, 1.54) is 32.9 Å². The van der Waals surface area contributed by atoms with Gasteiger partial charge in [0.2, 0.25) is 0 Å². The SMILES string of the molecule is CC#N.CN1CCCC1.COc1nc(N2CCNCC2)c2ccc(-c3cccc4cccc(Cl)c34)nc2n1. The van der Waals surface area contributed by atoms with Gasteiger partial charge in [-0.1, -0.05) is 41.9 Å². The van der Waals surface area contributed by atoms with Gasteiger partial charge in [-0.15, -0.1) is 0 Å². The van der Waals surface area contributed by atoms with E-state index in [0.29, 0.717) is 16.7 Å². The first-order chi connectivity index (χ1) is 18.5. The van der Waals surface area contributed by atoms with Crippen LogP contribution in [-0.2, 0) is 0 Å². The van der Waals surface area contributed by atoms with Crippen LogP contribution in [0.3, 0.4) is 0 Å². The maximum Gasteiger partial charge on any atom is 0.320 e. The number of hydrogen-bond acceptors (Lipinski definition) is 8. The topological polar surface area (TPSA) is 90.2 Å². The first kappa shape index (κ1) is 27.5. The van der Waals surface area contributed by atoms with Gasteiger partial charge in [0.15, 0.2) is 5.65 Å². The summed E-state index contributed by atoms with van der Waals surface area (Å²) in [5, 5.41) is 14.4. The second kappa shape index (κ2) is 13.3. The summed E-state index contributed by atoms with van der Waals surface area (Å²) in [4.78, 5) is 18.6. The Bertz CT molecular complexity index is 1400. The molecule has 0 saturated carbocycles. The molecule has 38 heavy (non-hydrogen) atoms. The van der Waals surface area contributed by atoms with E-state index < -0.39 is 0 Å². The number of nitrogens with one attached hydrogen (secondary N) is 1. The van der Waals surface area contributed by atoms with Gasteiger partial charge in [-0.2, -0.15) is 15.2 Å². The molecule has 6 rings (SSSR count). The van der Waals surface area contributed by atoms with E-state index in [2.05, 4.69) is 44.3 Å². The van der Waals surface area contributed by atoms with Crippen LogP contribution in [0, 0.1) is 11.3 Å². The van der Waals surface area contributed by atoms with Crippen molar-refractivity contribution in [2.24, 2.45) is 0 Å². The first-order valence-electron chi connectivity index (χ1n) is 12.9. The standard InChI is InChI=1S/C22H20ClN5O.C5H11N.C2H3N/c1-29-22-26-20-16(21(27-22)28-12-10-24-11-13-28)8-9-18(25-20)15-6-2-4-14-5-3-7-17(23)19(14)15;1-6-4-2-3-5-6;1-2-3/h2-9,24H,10-13H2,1H3;2-5H2,1H3;1H3. The molecule has 198 valence electrons. The molecule has 2 saturated heterocycles. The number of methoxy groups -OCH3 is 1. The normalized spacial score (nSPS) is 15.3. The summed E-state index contributed by atoms with van der Waals surface area (Å²) < 4.78 is 5.36. The number of benzene rings is 2. The first-order valence-corrected chi connectivity index (χ1v) is 13.3. The molecular weight excluding hydrogens is 498 g/mol. The van der Waals surface area contributed by atoms with Crippen LogP contribution in [0.15, 0.2) is 48.5 Å². The monoisotopic (exact) mass is 531 g/mol. The van der Waals surface area contributed by atoms with Crippen molar-refractivity contribution in [3.8, 4) is 23.3 Å². The van der Waals surface area contributed by atoms with Gasteiger partial charge in [0, 0.05) is 49.1 Å². The molecule has 0 amide bonds. The quantitative estimate of drug-likeness (QED) is 0.388. The fourth-order valence-corrected chi connectivity index (χ4v) is 5.00. The number of ether oxygens (including phenoxy) is 1. The van der Waals surface area contributed by atoms with Gasteiger partial charge in [-0.05, 0) is 56.6 Å². The van der Waals surface area contributed by atoms with Crippen LogP contribution in [0.5, 0.6) is 6.01 Å². The molecule has 2 aromatic heterocycles. The third-order valence-electron chi connectivity index (χ3n) is 6.58. The summed E-state index contributed by atoms with van der Waals surface area (Å²) in [5.74, 6) is 0.864. The predicted molar refractivity (Wildman–Crippen MR) is 155 cm³/mol. The van der Waals surface area contributed by atoms with Crippen LogP contribution in [0.2, 0.25) is 5.02 Å². The van der Waals surface area contributed by atoms with Gasteiger partial charge >= 0.3 is 6.01 Å². The van der Waals surface area contributed by atoms with Crippen LogP contribution >= 0.6 is 11.6 Å². The maximum absolute atomic E-state index is 7.32. The fraction of sp³-hybridized carbons (Fsp3) is 0.379. The summed E-state index contributed by atoms with van der Waals surface area (Å²) in [7, 11) is 3.75.